The summed E-state index contributed by atoms with van der Waals surface area (Å²) in [5.41, 5.74) is 3.79. The van der Waals surface area contributed by atoms with Gasteiger partial charge in [-0.05, 0) is 24.0 Å². The standard InChI is InChI=1S/C13H12ClN3/c14-13-7-12(8-15-17-13)16-11-5-9-3-1-2-4-10(9)6-11/h1-4,7-8,11H,5-6H2,(H,16,17). The summed E-state index contributed by atoms with van der Waals surface area (Å²) in [6.45, 7) is 0. The molecule has 1 aliphatic rings. The van der Waals surface area contributed by atoms with E-state index in [0.717, 1.165) is 18.5 Å². The van der Waals surface area contributed by atoms with E-state index in [9.17, 15) is 0 Å². The Morgan fingerprint density at radius 2 is 1.88 bits per heavy atom. The Bertz CT molecular complexity index is 517. The Morgan fingerprint density at radius 1 is 1.18 bits per heavy atom. The number of hydrogen-bond donors (Lipinski definition) is 1. The lowest BCUT2D eigenvalue weighted by molar-refractivity contribution is 0.772. The van der Waals surface area contributed by atoms with Crippen molar-refractivity contribution in [1.82, 2.24) is 10.2 Å². The summed E-state index contributed by atoms with van der Waals surface area (Å²) in [7, 11) is 0. The van der Waals surface area contributed by atoms with Crippen LogP contribution >= 0.6 is 11.6 Å². The summed E-state index contributed by atoms with van der Waals surface area (Å²) in [6, 6.07) is 10.8. The first-order valence-corrected chi connectivity index (χ1v) is 6.00. The van der Waals surface area contributed by atoms with Crippen molar-refractivity contribution in [3.05, 3.63) is 52.8 Å². The lowest BCUT2D eigenvalue weighted by atomic mass is 10.1. The third-order valence-electron chi connectivity index (χ3n) is 3.05. The van der Waals surface area contributed by atoms with E-state index in [0.29, 0.717) is 11.2 Å². The highest BCUT2D eigenvalue weighted by Crippen LogP contribution is 2.24. The van der Waals surface area contributed by atoms with Gasteiger partial charge in [-0.3, -0.25) is 0 Å². The molecule has 1 aliphatic carbocycles. The van der Waals surface area contributed by atoms with E-state index < -0.39 is 0 Å². The second-order valence-electron chi connectivity index (χ2n) is 4.29. The van der Waals surface area contributed by atoms with Gasteiger partial charge in [-0.1, -0.05) is 35.9 Å². The third-order valence-corrected chi connectivity index (χ3v) is 3.23. The Hall–Kier alpha value is -1.61. The highest BCUT2D eigenvalue weighted by Gasteiger charge is 2.20. The molecular weight excluding hydrogens is 234 g/mol. The first-order valence-electron chi connectivity index (χ1n) is 5.63. The molecule has 0 spiro atoms. The summed E-state index contributed by atoms with van der Waals surface area (Å²) >= 11 is 5.81. The molecule has 0 fully saturated rings. The number of halogens is 1. The molecule has 1 heterocycles. The monoisotopic (exact) mass is 245 g/mol. The zero-order chi connectivity index (χ0) is 11.7. The number of aromatic nitrogens is 2. The van der Waals surface area contributed by atoms with Crippen LogP contribution < -0.4 is 5.32 Å². The first-order chi connectivity index (χ1) is 8.31. The summed E-state index contributed by atoms with van der Waals surface area (Å²) in [5.74, 6) is 0. The SMILES string of the molecule is Clc1cc(NC2Cc3ccccc3C2)cnn1. The molecule has 3 nitrogen and oxygen atoms in total. The van der Waals surface area contributed by atoms with Gasteiger partial charge < -0.3 is 5.32 Å². The number of rotatable bonds is 2. The van der Waals surface area contributed by atoms with Crippen LogP contribution in [0.5, 0.6) is 0 Å². The van der Waals surface area contributed by atoms with E-state index in [2.05, 4.69) is 39.8 Å². The van der Waals surface area contributed by atoms with Gasteiger partial charge in [-0.15, -0.1) is 5.10 Å². The minimum Gasteiger partial charge on any atom is -0.380 e. The molecule has 0 atom stereocenters. The van der Waals surface area contributed by atoms with Gasteiger partial charge in [0.15, 0.2) is 5.15 Å². The van der Waals surface area contributed by atoms with Gasteiger partial charge in [0.2, 0.25) is 0 Å². The minimum atomic E-state index is 0.422. The highest BCUT2D eigenvalue weighted by atomic mass is 35.5. The van der Waals surface area contributed by atoms with Gasteiger partial charge >= 0.3 is 0 Å². The second-order valence-corrected chi connectivity index (χ2v) is 4.67. The van der Waals surface area contributed by atoms with Gasteiger partial charge in [0.1, 0.15) is 0 Å². The molecule has 0 amide bonds. The molecule has 0 bridgehead atoms. The normalized spacial score (nSPS) is 14.6. The molecule has 1 N–H and O–H groups in total. The predicted molar refractivity (Wildman–Crippen MR) is 68.3 cm³/mol. The van der Waals surface area contributed by atoms with Crippen molar-refractivity contribution in [3.63, 3.8) is 0 Å². The van der Waals surface area contributed by atoms with E-state index in [4.69, 9.17) is 11.6 Å². The smallest absolute Gasteiger partial charge is 0.153 e. The fourth-order valence-electron chi connectivity index (χ4n) is 2.32. The maximum Gasteiger partial charge on any atom is 0.153 e. The van der Waals surface area contributed by atoms with Crippen molar-refractivity contribution in [1.29, 1.82) is 0 Å². The molecule has 0 unspecified atom stereocenters. The van der Waals surface area contributed by atoms with Crippen molar-refractivity contribution in [2.24, 2.45) is 0 Å². The topological polar surface area (TPSA) is 37.8 Å². The quantitative estimate of drug-likeness (QED) is 0.884. The van der Waals surface area contributed by atoms with Crippen LogP contribution in [-0.4, -0.2) is 16.2 Å². The molecule has 0 radical (unpaired) electrons. The summed E-state index contributed by atoms with van der Waals surface area (Å²) < 4.78 is 0. The number of hydrogen-bond acceptors (Lipinski definition) is 3. The fourth-order valence-corrected chi connectivity index (χ4v) is 2.48. The van der Waals surface area contributed by atoms with Crippen molar-refractivity contribution >= 4 is 17.3 Å². The van der Waals surface area contributed by atoms with E-state index in [1.807, 2.05) is 0 Å². The van der Waals surface area contributed by atoms with Crippen LogP contribution in [0.1, 0.15) is 11.1 Å². The number of fused-ring (bicyclic) bond motifs is 1. The molecule has 4 heteroatoms. The Balaban J connectivity index is 1.74. The Morgan fingerprint density at radius 3 is 2.53 bits per heavy atom. The van der Waals surface area contributed by atoms with E-state index in [-0.39, 0.29) is 0 Å². The predicted octanol–water partition coefficient (Wildman–Crippen LogP) is 2.71. The highest BCUT2D eigenvalue weighted by molar-refractivity contribution is 6.29. The van der Waals surface area contributed by atoms with Crippen molar-refractivity contribution in [2.75, 3.05) is 5.32 Å². The largest absolute Gasteiger partial charge is 0.380 e. The van der Waals surface area contributed by atoms with Crippen LogP contribution in [0.15, 0.2) is 36.5 Å². The fraction of sp³-hybridized carbons (Fsp3) is 0.231. The maximum absolute atomic E-state index is 5.81. The Labute approximate surface area is 105 Å². The van der Waals surface area contributed by atoms with Gasteiger partial charge in [0.25, 0.3) is 0 Å². The molecule has 86 valence electrons. The Kier molecular flexibility index (Phi) is 2.69. The van der Waals surface area contributed by atoms with E-state index in [1.165, 1.54) is 11.1 Å². The molecular formula is C13H12ClN3. The van der Waals surface area contributed by atoms with Crippen LogP contribution in [-0.2, 0) is 12.8 Å². The van der Waals surface area contributed by atoms with Crippen molar-refractivity contribution < 1.29 is 0 Å². The molecule has 0 saturated carbocycles. The molecule has 0 saturated heterocycles. The molecule has 17 heavy (non-hydrogen) atoms. The maximum atomic E-state index is 5.81. The van der Waals surface area contributed by atoms with Crippen LogP contribution in [0.25, 0.3) is 0 Å². The summed E-state index contributed by atoms with van der Waals surface area (Å²) in [5, 5.41) is 11.4. The van der Waals surface area contributed by atoms with Gasteiger partial charge in [0, 0.05) is 12.1 Å². The van der Waals surface area contributed by atoms with Crippen LogP contribution in [0, 0.1) is 0 Å². The molecule has 2 aromatic rings. The van der Waals surface area contributed by atoms with Gasteiger partial charge in [-0.2, -0.15) is 5.10 Å². The van der Waals surface area contributed by atoms with Crippen LogP contribution in [0.3, 0.4) is 0 Å². The molecule has 1 aromatic heterocycles. The average molecular weight is 246 g/mol. The zero-order valence-corrected chi connectivity index (χ0v) is 9.98. The van der Waals surface area contributed by atoms with Crippen molar-refractivity contribution in [3.8, 4) is 0 Å². The minimum absolute atomic E-state index is 0.422. The van der Waals surface area contributed by atoms with E-state index in [1.54, 1.807) is 12.3 Å². The van der Waals surface area contributed by atoms with E-state index >= 15 is 0 Å². The summed E-state index contributed by atoms with van der Waals surface area (Å²) in [4.78, 5) is 0. The molecule has 0 aliphatic heterocycles. The van der Waals surface area contributed by atoms with Gasteiger partial charge in [-0.25, -0.2) is 0 Å². The van der Waals surface area contributed by atoms with Crippen molar-refractivity contribution in [2.45, 2.75) is 18.9 Å². The second kappa shape index (κ2) is 4.34. The number of nitrogens with zero attached hydrogens (tertiary/aromatic N) is 2. The number of nitrogens with one attached hydrogen (secondary N) is 1. The average Bonchev–Trinajstić information content (AvgIpc) is 2.71. The molecule has 3 rings (SSSR count). The zero-order valence-electron chi connectivity index (χ0n) is 9.23. The molecule has 1 aromatic carbocycles. The number of benzene rings is 1. The number of anilines is 1. The lowest BCUT2D eigenvalue weighted by Crippen LogP contribution is -2.19. The van der Waals surface area contributed by atoms with Crippen LogP contribution in [0.2, 0.25) is 5.15 Å². The third kappa shape index (κ3) is 2.24. The van der Waals surface area contributed by atoms with Gasteiger partial charge in [0.05, 0.1) is 11.9 Å². The lowest BCUT2D eigenvalue weighted by Gasteiger charge is -2.12. The van der Waals surface area contributed by atoms with Crippen LogP contribution in [0.4, 0.5) is 5.69 Å². The summed E-state index contributed by atoms with van der Waals surface area (Å²) in [6.07, 6.45) is 3.81. The first kappa shape index (κ1) is 10.5.